The molecule has 0 saturated heterocycles. The SMILES string of the molecule is CCCCc1c(O)c(C(C)(C)C)nn1CC. The molecule has 0 spiro atoms. The van der Waals surface area contributed by atoms with Crippen LogP contribution in [0, 0.1) is 0 Å². The van der Waals surface area contributed by atoms with Gasteiger partial charge in [-0.1, -0.05) is 34.1 Å². The molecule has 0 unspecified atom stereocenters. The van der Waals surface area contributed by atoms with Gasteiger partial charge in [0.15, 0.2) is 5.75 Å². The number of rotatable bonds is 4. The van der Waals surface area contributed by atoms with Crippen LogP contribution in [0.3, 0.4) is 0 Å². The molecule has 1 rings (SSSR count). The number of hydrogen-bond donors (Lipinski definition) is 1. The van der Waals surface area contributed by atoms with Crippen LogP contribution < -0.4 is 0 Å². The molecule has 92 valence electrons. The van der Waals surface area contributed by atoms with Crippen LogP contribution in [-0.4, -0.2) is 14.9 Å². The van der Waals surface area contributed by atoms with E-state index in [-0.39, 0.29) is 5.41 Å². The number of aryl methyl sites for hydroxylation is 1. The number of unbranched alkanes of at least 4 members (excludes halogenated alkanes) is 1. The Hall–Kier alpha value is -0.990. The molecule has 1 heterocycles. The molecule has 16 heavy (non-hydrogen) atoms. The highest BCUT2D eigenvalue weighted by Gasteiger charge is 2.25. The van der Waals surface area contributed by atoms with E-state index in [0.717, 1.165) is 37.2 Å². The zero-order valence-corrected chi connectivity index (χ0v) is 11.2. The zero-order chi connectivity index (χ0) is 12.3. The topological polar surface area (TPSA) is 38.1 Å². The molecular formula is C13H24N2O. The highest BCUT2D eigenvalue weighted by Crippen LogP contribution is 2.33. The van der Waals surface area contributed by atoms with Crippen molar-refractivity contribution in [2.75, 3.05) is 0 Å². The second-order valence-electron chi connectivity index (χ2n) is 5.31. The summed E-state index contributed by atoms with van der Waals surface area (Å²) in [4.78, 5) is 0. The minimum atomic E-state index is -0.0918. The quantitative estimate of drug-likeness (QED) is 0.852. The van der Waals surface area contributed by atoms with Crippen LogP contribution in [0.25, 0.3) is 0 Å². The van der Waals surface area contributed by atoms with Crippen LogP contribution in [0.2, 0.25) is 0 Å². The lowest BCUT2D eigenvalue weighted by Gasteiger charge is -2.15. The third-order valence-electron chi connectivity index (χ3n) is 2.81. The standard InChI is InChI=1S/C13H24N2O/c1-6-8-9-10-11(16)12(13(3,4)5)14-15(10)7-2/h16H,6-9H2,1-5H3. The fourth-order valence-corrected chi connectivity index (χ4v) is 1.85. The molecule has 0 radical (unpaired) electrons. The molecule has 0 aliphatic carbocycles. The van der Waals surface area contributed by atoms with Crippen molar-refractivity contribution in [2.45, 2.75) is 65.8 Å². The van der Waals surface area contributed by atoms with E-state index >= 15 is 0 Å². The van der Waals surface area contributed by atoms with Crippen LogP contribution in [0.15, 0.2) is 0 Å². The molecule has 0 aromatic carbocycles. The molecule has 0 atom stereocenters. The lowest BCUT2D eigenvalue weighted by atomic mass is 9.91. The van der Waals surface area contributed by atoms with Crippen molar-refractivity contribution in [1.29, 1.82) is 0 Å². The van der Waals surface area contributed by atoms with Gasteiger partial charge in [-0.25, -0.2) is 0 Å². The Morgan fingerprint density at radius 1 is 1.25 bits per heavy atom. The van der Waals surface area contributed by atoms with E-state index in [1.165, 1.54) is 0 Å². The molecule has 1 aromatic heterocycles. The Morgan fingerprint density at radius 3 is 2.31 bits per heavy atom. The number of aromatic nitrogens is 2. The van der Waals surface area contributed by atoms with Gasteiger partial charge in [0.1, 0.15) is 5.69 Å². The second-order valence-corrected chi connectivity index (χ2v) is 5.31. The summed E-state index contributed by atoms with van der Waals surface area (Å²) in [5.74, 6) is 0.405. The van der Waals surface area contributed by atoms with Crippen LogP contribution in [0.5, 0.6) is 5.75 Å². The third-order valence-corrected chi connectivity index (χ3v) is 2.81. The fourth-order valence-electron chi connectivity index (χ4n) is 1.85. The molecule has 3 nitrogen and oxygen atoms in total. The van der Waals surface area contributed by atoms with E-state index in [1.54, 1.807) is 0 Å². The molecule has 0 fully saturated rings. The van der Waals surface area contributed by atoms with Gasteiger partial charge in [0.05, 0.1) is 5.69 Å². The number of aromatic hydroxyl groups is 1. The molecule has 0 aliphatic heterocycles. The van der Waals surface area contributed by atoms with E-state index in [4.69, 9.17) is 0 Å². The first-order valence-corrected chi connectivity index (χ1v) is 6.20. The second kappa shape index (κ2) is 4.89. The maximum absolute atomic E-state index is 10.2. The first kappa shape index (κ1) is 13.1. The summed E-state index contributed by atoms with van der Waals surface area (Å²) in [5, 5.41) is 14.7. The molecule has 3 heteroatoms. The Kier molecular flexibility index (Phi) is 4.00. The summed E-state index contributed by atoms with van der Waals surface area (Å²) in [6.45, 7) is 11.3. The van der Waals surface area contributed by atoms with Gasteiger partial charge in [0, 0.05) is 12.0 Å². The van der Waals surface area contributed by atoms with Crippen LogP contribution in [0.1, 0.15) is 58.8 Å². The normalized spacial score (nSPS) is 12.1. The van der Waals surface area contributed by atoms with E-state index in [0.29, 0.717) is 5.75 Å². The average Bonchev–Trinajstić information content (AvgIpc) is 2.51. The van der Waals surface area contributed by atoms with Gasteiger partial charge < -0.3 is 5.11 Å². The predicted molar refractivity (Wildman–Crippen MR) is 66.9 cm³/mol. The Morgan fingerprint density at radius 2 is 1.88 bits per heavy atom. The van der Waals surface area contributed by atoms with Crippen LogP contribution >= 0.6 is 0 Å². The van der Waals surface area contributed by atoms with Crippen molar-refractivity contribution < 1.29 is 5.11 Å². The third kappa shape index (κ3) is 2.57. The van der Waals surface area contributed by atoms with Gasteiger partial charge in [0.2, 0.25) is 0 Å². The molecule has 0 amide bonds. The average molecular weight is 224 g/mol. The summed E-state index contributed by atoms with van der Waals surface area (Å²) in [6.07, 6.45) is 3.15. The van der Waals surface area contributed by atoms with E-state index < -0.39 is 0 Å². The summed E-state index contributed by atoms with van der Waals surface area (Å²) >= 11 is 0. The van der Waals surface area contributed by atoms with Gasteiger partial charge >= 0.3 is 0 Å². The lowest BCUT2D eigenvalue weighted by Crippen LogP contribution is -2.13. The van der Waals surface area contributed by atoms with E-state index in [1.807, 2.05) is 4.68 Å². The van der Waals surface area contributed by atoms with Gasteiger partial charge in [-0.2, -0.15) is 5.10 Å². The van der Waals surface area contributed by atoms with Gasteiger partial charge in [-0.15, -0.1) is 0 Å². The molecule has 0 aliphatic rings. The van der Waals surface area contributed by atoms with E-state index in [9.17, 15) is 5.11 Å². The zero-order valence-electron chi connectivity index (χ0n) is 11.2. The Bertz CT molecular complexity index is 348. The Balaban J connectivity index is 3.11. The molecule has 1 N–H and O–H groups in total. The summed E-state index contributed by atoms with van der Waals surface area (Å²) in [6, 6.07) is 0. The van der Waals surface area contributed by atoms with Crippen molar-refractivity contribution in [3.8, 4) is 5.75 Å². The fraction of sp³-hybridized carbons (Fsp3) is 0.769. The minimum Gasteiger partial charge on any atom is -0.504 e. The first-order valence-electron chi connectivity index (χ1n) is 6.20. The van der Waals surface area contributed by atoms with Gasteiger partial charge in [0.25, 0.3) is 0 Å². The molecular weight excluding hydrogens is 200 g/mol. The smallest absolute Gasteiger partial charge is 0.160 e. The van der Waals surface area contributed by atoms with Crippen molar-refractivity contribution in [2.24, 2.45) is 0 Å². The molecule has 0 bridgehead atoms. The summed E-state index contributed by atoms with van der Waals surface area (Å²) in [7, 11) is 0. The van der Waals surface area contributed by atoms with Crippen LogP contribution in [-0.2, 0) is 18.4 Å². The van der Waals surface area contributed by atoms with Crippen molar-refractivity contribution in [3.05, 3.63) is 11.4 Å². The maximum Gasteiger partial charge on any atom is 0.160 e. The van der Waals surface area contributed by atoms with E-state index in [2.05, 4.69) is 39.7 Å². The van der Waals surface area contributed by atoms with Crippen molar-refractivity contribution >= 4 is 0 Å². The lowest BCUT2D eigenvalue weighted by molar-refractivity contribution is 0.438. The van der Waals surface area contributed by atoms with Crippen LogP contribution in [0.4, 0.5) is 0 Å². The predicted octanol–water partition coefficient (Wildman–Crippen LogP) is 3.25. The number of nitrogens with zero attached hydrogens (tertiary/aromatic N) is 2. The summed E-state index contributed by atoms with van der Waals surface area (Å²) < 4.78 is 1.94. The van der Waals surface area contributed by atoms with Gasteiger partial charge in [-0.05, 0) is 19.8 Å². The largest absolute Gasteiger partial charge is 0.504 e. The Labute approximate surface area is 98.5 Å². The monoisotopic (exact) mass is 224 g/mol. The first-order chi connectivity index (χ1) is 7.41. The number of hydrogen-bond acceptors (Lipinski definition) is 2. The van der Waals surface area contributed by atoms with Crippen molar-refractivity contribution in [1.82, 2.24) is 9.78 Å². The van der Waals surface area contributed by atoms with Gasteiger partial charge in [-0.3, -0.25) is 4.68 Å². The maximum atomic E-state index is 10.2. The van der Waals surface area contributed by atoms with Crippen molar-refractivity contribution in [3.63, 3.8) is 0 Å². The minimum absolute atomic E-state index is 0.0918. The molecule has 0 saturated carbocycles. The highest BCUT2D eigenvalue weighted by molar-refractivity contribution is 5.36. The highest BCUT2D eigenvalue weighted by atomic mass is 16.3. The molecule has 1 aromatic rings. The summed E-state index contributed by atoms with van der Waals surface area (Å²) in [5.41, 5.74) is 1.72.